The molecule has 0 fully saturated rings. The van der Waals surface area contributed by atoms with Gasteiger partial charge in [-0.3, -0.25) is 4.57 Å². The van der Waals surface area contributed by atoms with Gasteiger partial charge in [0.15, 0.2) is 11.6 Å². The molecule has 0 N–H and O–H groups in total. The van der Waals surface area contributed by atoms with E-state index in [1.165, 1.54) is 31.8 Å². The fourth-order valence-electron chi connectivity index (χ4n) is 8.66. The van der Waals surface area contributed by atoms with E-state index < -0.39 is 0 Å². The lowest BCUT2D eigenvalue weighted by molar-refractivity contribution is 0.954. The Kier molecular flexibility index (Phi) is 7.03. The van der Waals surface area contributed by atoms with Crippen LogP contribution in [0.3, 0.4) is 0 Å². The van der Waals surface area contributed by atoms with Gasteiger partial charge in [0, 0.05) is 58.5 Å². The molecule has 0 spiro atoms. The third-order valence-corrected chi connectivity index (χ3v) is 12.4. The summed E-state index contributed by atoms with van der Waals surface area (Å²) >= 11 is 1.79. The van der Waals surface area contributed by atoms with E-state index in [2.05, 4.69) is 179 Å². The van der Waals surface area contributed by atoms with Crippen LogP contribution in [0.2, 0.25) is 0 Å². The SMILES string of the molecule is c1ccc(-c2cccc(-n3c4ccccc4c4ccc5c6ccccc6n(-c6nc(-c7ccccc7)nc(-c7cccc8c7sc7ccccc78)n6)c5c43)c2)cc1. The normalized spacial score (nSPS) is 11.9. The number of hydrogen-bond acceptors (Lipinski definition) is 4. The van der Waals surface area contributed by atoms with Crippen LogP contribution < -0.4 is 0 Å². The zero-order chi connectivity index (χ0) is 37.5. The first kappa shape index (κ1) is 31.9. The second kappa shape index (κ2) is 12.6. The van der Waals surface area contributed by atoms with E-state index >= 15 is 0 Å². The molecule has 6 heteroatoms. The largest absolute Gasteiger partial charge is 0.307 e. The number of para-hydroxylation sites is 2. The number of benzene rings is 8. The van der Waals surface area contributed by atoms with E-state index in [-0.39, 0.29) is 0 Å². The Morgan fingerprint density at radius 1 is 0.368 bits per heavy atom. The first-order valence-electron chi connectivity index (χ1n) is 19.1. The molecule has 0 saturated carbocycles. The van der Waals surface area contributed by atoms with Crippen LogP contribution in [0.15, 0.2) is 188 Å². The minimum atomic E-state index is 0.575. The minimum absolute atomic E-state index is 0.575. The topological polar surface area (TPSA) is 48.5 Å². The lowest BCUT2D eigenvalue weighted by Gasteiger charge is -2.14. The summed E-state index contributed by atoms with van der Waals surface area (Å²) in [6, 6.07) is 66.7. The average Bonchev–Trinajstić information content (AvgIpc) is 3.95. The second-order valence-electron chi connectivity index (χ2n) is 14.4. The molecule has 0 unspecified atom stereocenters. The molecular formula is C51H31N5S. The molecule has 0 radical (unpaired) electrons. The monoisotopic (exact) mass is 745 g/mol. The van der Waals surface area contributed by atoms with Gasteiger partial charge in [0.05, 0.1) is 22.1 Å². The number of rotatable bonds is 5. The fourth-order valence-corrected chi connectivity index (χ4v) is 9.87. The molecule has 0 aliphatic carbocycles. The van der Waals surface area contributed by atoms with Crippen molar-refractivity contribution in [1.29, 1.82) is 0 Å². The summed E-state index contributed by atoms with van der Waals surface area (Å²) in [5.74, 6) is 1.85. The maximum absolute atomic E-state index is 5.45. The highest BCUT2D eigenvalue weighted by Gasteiger charge is 2.24. The van der Waals surface area contributed by atoms with Crippen molar-refractivity contribution in [3.05, 3.63) is 188 Å². The molecule has 5 nitrogen and oxygen atoms in total. The van der Waals surface area contributed by atoms with Crippen LogP contribution in [0.25, 0.3) is 109 Å². The van der Waals surface area contributed by atoms with Crippen molar-refractivity contribution in [3.63, 3.8) is 0 Å². The minimum Gasteiger partial charge on any atom is -0.307 e. The number of thiophene rings is 1. The summed E-state index contributed by atoms with van der Waals surface area (Å²) in [6.45, 7) is 0. The highest BCUT2D eigenvalue weighted by Crippen LogP contribution is 2.43. The molecule has 0 aliphatic rings. The van der Waals surface area contributed by atoms with Gasteiger partial charge in [-0.05, 0) is 47.5 Å². The Hall–Kier alpha value is -7.41. The lowest BCUT2D eigenvalue weighted by atomic mass is 10.1. The van der Waals surface area contributed by atoms with Gasteiger partial charge in [-0.1, -0.05) is 152 Å². The van der Waals surface area contributed by atoms with Crippen molar-refractivity contribution in [2.75, 3.05) is 0 Å². The summed E-state index contributed by atoms with van der Waals surface area (Å²) in [5.41, 5.74) is 9.68. The van der Waals surface area contributed by atoms with Gasteiger partial charge < -0.3 is 4.57 Å². The quantitative estimate of drug-likeness (QED) is 0.176. The Morgan fingerprint density at radius 3 is 1.68 bits per heavy atom. The summed E-state index contributed by atoms with van der Waals surface area (Å²) in [7, 11) is 0. The summed E-state index contributed by atoms with van der Waals surface area (Å²) in [6.07, 6.45) is 0. The second-order valence-corrected chi connectivity index (χ2v) is 15.5. The summed E-state index contributed by atoms with van der Waals surface area (Å²) in [4.78, 5) is 16.0. The first-order chi connectivity index (χ1) is 28.3. The molecule has 0 aliphatic heterocycles. The van der Waals surface area contributed by atoms with Crippen molar-refractivity contribution in [2.24, 2.45) is 0 Å². The smallest absolute Gasteiger partial charge is 0.238 e. The number of hydrogen-bond donors (Lipinski definition) is 0. The first-order valence-corrected chi connectivity index (χ1v) is 19.9. The highest BCUT2D eigenvalue weighted by atomic mass is 32.1. The van der Waals surface area contributed by atoms with Gasteiger partial charge in [-0.2, -0.15) is 9.97 Å². The van der Waals surface area contributed by atoms with Gasteiger partial charge in [0.2, 0.25) is 5.95 Å². The molecule has 4 heterocycles. The third kappa shape index (κ3) is 4.91. The Bertz CT molecular complexity index is 3520. The van der Waals surface area contributed by atoms with Crippen LogP contribution >= 0.6 is 11.3 Å². The van der Waals surface area contributed by atoms with Crippen molar-refractivity contribution in [1.82, 2.24) is 24.1 Å². The van der Waals surface area contributed by atoms with Gasteiger partial charge in [0.1, 0.15) is 0 Å². The molecule has 0 bridgehead atoms. The Labute approximate surface area is 331 Å². The van der Waals surface area contributed by atoms with E-state index in [0.717, 1.165) is 59.9 Å². The molecule has 12 aromatic rings. The predicted molar refractivity (Wildman–Crippen MR) is 238 cm³/mol. The number of fused-ring (bicyclic) bond motifs is 10. The molecule has 266 valence electrons. The number of nitrogens with zero attached hydrogens (tertiary/aromatic N) is 5. The average molecular weight is 746 g/mol. The Balaban J connectivity index is 1.21. The molecule has 12 rings (SSSR count). The van der Waals surface area contributed by atoms with Crippen LogP contribution in [-0.2, 0) is 0 Å². The van der Waals surface area contributed by atoms with Gasteiger partial charge in [-0.15, -0.1) is 11.3 Å². The summed E-state index contributed by atoms with van der Waals surface area (Å²) in [5, 5.41) is 7.08. The van der Waals surface area contributed by atoms with Crippen molar-refractivity contribution < 1.29 is 0 Å². The van der Waals surface area contributed by atoms with Crippen LogP contribution in [0.4, 0.5) is 0 Å². The van der Waals surface area contributed by atoms with E-state index in [0.29, 0.717) is 17.6 Å². The van der Waals surface area contributed by atoms with Gasteiger partial charge in [-0.25, -0.2) is 4.98 Å². The molecule has 0 amide bonds. The summed E-state index contributed by atoms with van der Waals surface area (Å²) < 4.78 is 7.10. The van der Waals surface area contributed by atoms with Crippen LogP contribution in [0, 0.1) is 0 Å². The zero-order valence-corrected chi connectivity index (χ0v) is 31.4. The van der Waals surface area contributed by atoms with E-state index in [9.17, 15) is 0 Å². The molecule has 8 aromatic carbocycles. The third-order valence-electron chi connectivity index (χ3n) is 11.2. The standard InChI is InChI=1S/C51H31N5S/c1-3-15-32(16-4-1)34-19-13-20-35(31-34)55-43-26-10-7-21-36(43)39-29-30-40-37-22-8-11-27-44(37)56(47(40)46(39)55)51-53-49(33-17-5-2-6-18-33)52-50(54-51)42-25-14-24-41-38-23-9-12-28-45(38)57-48(41)42/h1-31H. The van der Waals surface area contributed by atoms with Crippen molar-refractivity contribution in [3.8, 4) is 45.5 Å². The van der Waals surface area contributed by atoms with Crippen LogP contribution in [0.1, 0.15) is 0 Å². The van der Waals surface area contributed by atoms with E-state index in [1.54, 1.807) is 11.3 Å². The van der Waals surface area contributed by atoms with Gasteiger partial charge in [0.25, 0.3) is 0 Å². The van der Waals surface area contributed by atoms with Crippen molar-refractivity contribution >= 4 is 75.1 Å². The molecule has 57 heavy (non-hydrogen) atoms. The van der Waals surface area contributed by atoms with Crippen LogP contribution in [-0.4, -0.2) is 24.1 Å². The fraction of sp³-hybridized carbons (Fsp3) is 0. The van der Waals surface area contributed by atoms with Crippen LogP contribution in [0.5, 0.6) is 0 Å². The molecule has 4 aromatic heterocycles. The highest BCUT2D eigenvalue weighted by molar-refractivity contribution is 7.26. The molecule has 0 atom stereocenters. The Morgan fingerprint density at radius 2 is 0.930 bits per heavy atom. The molecular weight excluding hydrogens is 715 g/mol. The number of aromatic nitrogens is 5. The van der Waals surface area contributed by atoms with Gasteiger partial charge >= 0.3 is 0 Å². The maximum atomic E-state index is 5.45. The van der Waals surface area contributed by atoms with E-state index in [4.69, 9.17) is 15.0 Å². The van der Waals surface area contributed by atoms with E-state index in [1.807, 2.05) is 18.2 Å². The predicted octanol–water partition coefficient (Wildman–Crippen LogP) is 13.4. The lowest BCUT2D eigenvalue weighted by Crippen LogP contribution is -2.07. The van der Waals surface area contributed by atoms with Crippen molar-refractivity contribution in [2.45, 2.75) is 0 Å². The zero-order valence-electron chi connectivity index (χ0n) is 30.5. The maximum Gasteiger partial charge on any atom is 0.238 e. The molecule has 0 saturated heterocycles.